The van der Waals surface area contributed by atoms with Crippen LogP contribution >= 0.6 is 0 Å². The van der Waals surface area contributed by atoms with E-state index in [2.05, 4.69) is 10.6 Å². The Labute approximate surface area is 145 Å². The van der Waals surface area contributed by atoms with Crippen molar-refractivity contribution < 1.29 is 19.4 Å². The van der Waals surface area contributed by atoms with Crippen molar-refractivity contribution in [2.24, 2.45) is 0 Å². The van der Waals surface area contributed by atoms with Gasteiger partial charge in [-0.1, -0.05) is 0 Å². The second kappa shape index (κ2) is 8.57. The number of carbonyl (C=O) groups is 1. The van der Waals surface area contributed by atoms with Crippen molar-refractivity contribution in [2.75, 3.05) is 26.1 Å². The third-order valence-corrected chi connectivity index (χ3v) is 3.52. The van der Waals surface area contributed by atoms with E-state index in [9.17, 15) is 9.90 Å². The number of hydrogen-bond acceptors (Lipinski definition) is 5. The van der Waals surface area contributed by atoms with E-state index in [4.69, 9.17) is 14.7 Å². The highest BCUT2D eigenvalue weighted by atomic mass is 16.5. The van der Waals surface area contributed by atoms with Gasteiger partial charge in [-0.25, -0.2) is 4.79 Å². The standard InChI is InChI=1S/C18H19N3O4/c1-24-14-7-8-17(25-2)15(9-14)16(22)11-20-18(23)21-13-5-3-12(10-19)4-6-13/h3-9,16,22H,11H2,1-2H3,(H2,20,21,23)/t16-/m1/s1. The molecule has 7 nitrogen and oxygen atoms in total. The lowest BCUT2D eigenvalue weighted by molar-refractivity contribution is 0.170. The molecule has 7 heteroatoms. The molecule has 25 heavy (non-hydrogen) atoms. The molecule has 0 spiro atoms. The Balaban J connectivity index is 1.95. The molecule has 3 N–H and O–H groups in total. The molecule has 2 rings (SSSR count). The van der Waals surface area contributed by atoms with Crippen LogP contribution in [0.25, 0.3) is 0 Å². The predicted octanol–water partition coefficient (Wildman–Crippen LogP) is 2.43. The third-order valence-electron chi connectivity index (χ3n) is 3.52. The first-order chi connectivity index (χ1) is 12.1. The Morgan fingerprint density at radius 1 is 1.20 bits per heavy atom. The molecule has 0 saturated heterocycles. The van der Waals surface area contributed by atoms with Crippen molar-refractivity contribution in [1.82, 2.24) is 5.32 Å². The van der Waals surface area contributed by atoms with Gasteiger partial charge in [-0.15, -0.1) is 0 Å². The lowest BCUT2D eigenvalue weighted by Gasteiger charge is -2.17. The number of anilines is 1. The summed E-state index contributed by atoms with van der Waals surface area (Å²) < 4.78 is 10.4. The third kappa shape index (κ3) is 4.86. The molecule has 0 aliphatic carbocycles. The van der Waals surface area contributed by atoms with Gasteiger partial charge in [-0.3, -0.25) is 0 Å². The average Bonchev–Trinajstić information content (AvgIpc) is 2.66. The van der Waals surface area contributed by atoms with E-state index < -0.39 is 12.1 Å². The first-order valence-electron chi connectivity index (χ1n) is 7.52. The fraction of sp³-hybridized carbons (Fsp3) is 0.222. The zero-order chi connectivity index (χ0) is 18.2. The van der Waals surface area contributed by atoms with Crippen LogP contribution < -0.4 is 20.1 Å². The maximum absolute atomic E-state index is 11.9. The van der Waals surface area contributed by atoms with Crippen molar-refractivity contribution in [2.45, 2.75) is 6.10 Å². The lowest BCUT2D eigenvalue weighted by Crippen LogP contribution is -2.32. The van der Waals surface area contributed by atoms with E-state index in [1.807, 2.05) is 6.07 Å². The van der Waals surface area contributed by atoms with Gasteiger partial charge in [0.25, 0.3) is 0 Å². The van der Waals surface area contributed by atoms with Crippen LogP contribution in [0.1, 0.15) is 17.2 Å². The van der Waals surface area contributed by atoms with Crippen LogP contribution in [0.15, 0.2) is 42.5 Å². The Morgan fingerprint density at radius 3 is 2.52 bits per heavy atom. The second-order valence-electron chi connectivity index (χ2n) is 5.15. The number of nitriles is 1. The number of methoxy groups -OCH3 is 2. The van der Waals surface area contributed by atoms with E-state index in [0.29, 0.717) is 28.3 Å². The highest BCUT2D eigenvalue weighted by Gasteiger charge is 2.15. The summed E-state index contributed by atoms with van der Waals surface area (Å²) in [5.74, 6) is 1.08. The number of aliphatic hydroxyl groups is 1. The van der Waals surface area contributed by atoms with Crippen LogP contribution in [0, 0.1) is 11.3 Å². The Kier molecular flexibility index (Phi) is 6.20. The quantitative estimate of drug-likeness (QED) is 0.749. The molecule has 0 aliphatic rings. The molecule has 0 aromatic heterocycles. The van der Waals surface area contributed by atoms with E-state index in [0.717, 1.165) is 0 Å². The molecule has 0 aliphatic heterocycles. The smallest absolute Gasteiger partial charge is 0.319 e. The molecule has 2 amide bonds. The first-order valence-corrected chi connectivity index (χ1v) is 7.52. The minimum absolute atomic E-state index is 0.00829. The minimum atomic E-state index is -0.961. The van der Waals surface area contributed by atoms with E-state index >= 15 is 0 Å². The Hall–Kier alpha value is -3.24. The van der Waals surface area contributed by atoms with Crippen LogP contribution in [-0.2, 0) is 0 Å². The maximum Gasteiger partial charge on any atom is 0.319 e. The summed E-state index contributed by atoms with van der Waals surface area (Å²) in [6.07, 6.45) is -0.961. The number of benzene rings is 2. The van der Waals surface area contributed by atoms with E-state index in [-0.39, 0.29) is 6.54 Å². The first kappa shape index (κ1) is 18.1. The van der Waals surface area contributed by atoms with Crippen LogP contribution in [0.3, 0.4) is 0 Å². The Morgan fingerprint density at radius 2 is 1.92 bits per heavy atom. The van der Waals surface area contributed by atoms with Gasteiger partial charge < -0.3 is 25.2 Å². The number of ether oxygens (including phenoxy) is 2. The maximum atomic E-state index is 11.9. The van der Waals surface area contributed by atoms with E-state index in [1.165, 1.54) is 14.2 Å². The molecule has 0 heterocycles. The average molecular weight is 341 g/mol. The van der Waals surface area contributed by atoms with Gasteiger partial charge in [-0.05, 0) is 42.5 Å². The van der Waals surface area contributed by atoms with Gasteiger partial charge in [0.05, 0.1) is 25.9 Å². The fourth-order valence-electron chi connectivity index (χ4n) is 2.20. The molecular formula is C18H19N3O4. The van der Waals surface area contributed by atoms with Gasteiger partial charge in [-0.2, -0.15) is 5.26 Å². The number of nitrogens with zero attached hydrogens (tertiary/aromatic N) is 1. The normalized spacial score (nSPS) is 11.1. The van der Waals surface area contributed by atoms with Crippen LogP contribution in [0.5, 0.6) is 11.5 Å². The van der Waals surface area contributed by atoms with Gasteiger partial charge in [0, 0.05) is 17.8 Å². The van der Waals surface area contributed by atoms with Crippen molar-refractivity contribution in [3.63, 3.8) is 0 Å². The molecule has 0 fully saturated rings. The molecule has 2 aromatic rings. The molecule has 0 radical (unpaired) electrons. The van der Waals surface area contributed by atoms with Crippen molar-refractivity contribution >= 4 is 11.7 Å². The summed E-state index contributed by atoms with van der Waals surface area (Å²) in [5, 5.41) is 24.3. The minimum Gasteiger partial charge on any atom is -0.497 e. The molecule has 0 saturated carbocycles. The summed E-state index contributed by atoms with van der Waals surface area (Å²) in [6, 6.07) is 13.1. The van der Waals surface area contributed by atoms with Gasteiger partial charge in [0.15, 0.2) is 0 Å². The number of hydrogen-bond donors (Lipinski definition) is 3. The van der Waals surface area contributed by atoms with Crippen molar-refractivity contribution in [1.29, 1.82) is 5.26 Å². The summed E-state index contributed by atoms with van der Waals surface area (Å²) >= 11 is 0. The van der Waals surface area contributed by atoms with Crippen LogP contribution in [0.4, 0.5) is 10.5 Å². The molecule has 1 atom stereocenters. The molecule has 0 unspecified atom stereocenters. The highest BCUT2D eigenvalue weighted by molar-refractivity contribution is 5.89. The zero-order valence-electron chi connectivity index (χ0n) is 13.9. The topological polar surface area (TPSA) is 104 Å². The van der Waals surface area contributed by atoms with Gasteiger partial charge in [0.2, 0.25) is 0 Å². The monoisotopic (exact) mass is 341 g/mol. The van der Waals surface area contributed by atoms with Gasteiger partial charge in [0.1, 0.15) is 17.6 Å². The number of urea groups is 1. The summed E-state index contributed by atoms with van der Waals surface area (Å²) in [7, 11) is 3.03. The molecular weight excluding hydrogens is 322 g/mol. The van der Waals surface area contributed by atoms with Crippen LogP contribution in [0.2, 0.25) is 0 Å². The Bertz CT molecular complexity index is 769. The zero-order valence-corrected chi connectivity index (χ0v) is 13.9. The molecule has 0 bridgehead atoms. The summed E-state index contributed by atoms with van der Waals surface area (Å²) in [4.78, 5) is 11.9. The SMILES string of the molecule is COc1ccc(OC)c([C@H](O)CNC(=O)Nc2ccc(C#N)cc2)c1. The number of carbonyl (C=O) groups excluding carboxylic acids is 1. The van der Waals surface area contributed by atoms with Crippen LogP contribution in [-0.4, -0.2) is 31.9 Å². The number of nitrogens with one attached hydrogen (secondary N) is 2. The summed E-state index contributed by atoms with van der Waals surface area (Å²) in [5.41, 5.74) is 1.57. The highest BCUT2D eigenvalue weighted by Crippen LogP contribution is 2.29. The van der Waals surface area contributed by atoms with Crippen molar-refractivity contribution in [3.05, 3.63) is 53.6 Å². The fourth-order valence-corrected chi connectivity index (χ4v) is 2.20. The second-order valence-corrected chi connectivity index (χ2v) is 5.15. The van der Waals surface area contributed by atoms with Gasteiger partial charge >= 0.3 is 6.03 Å². The summed E-state index contributed by atoms with van der Waals surface area (Å²) in [6.45, 7) is -0.00829. The lowest BCUT2D eigenvalue weighted by atomic mass is 10.1. The number of rotatable bonds is 6. The molecule has 2 aromatic carbocycles. The predicted molar refractivity (Wildman–Crippen MR) is 92.7 cm³/mol. The largest absolute Gasteiger partial charge is 0.497 e. The molecule has 130 valence electrons. The van der Waals surface area contributed by atoms with E-state index in [1.54, 1.807) is 42.5 Å². The van der Waals surface area contributed by atoms with Crippen molar-refractivity contribution in [3.8, 4) is 17.6 Å². The number of aliphatic hydroxyl groups excluding tert-OH is 1. The number of amides is 2.